The minimum Gasteiger partial charge on any atom is -0.367 e. The van der Waals surface area contributed by atoms with Crippen LogP contribution in [0, 0.1) is 5.92 Å². The Balaban J connectivity index is 3.01. The molecule has 4 nitrogen and oxygen atoms in total. The number of aromatic nitrogens is 1. The SMILES string of the molecule is CC(C)CN(CC(F)(F)F)C(=O)c1c[nH]ccc1=O. The molecule has 0 saturated carbocycles. The van der Waals surface area contributed by atoms with E-state index in [9.17, 15) is 22.8 Å². The van der Waals surface area contributed by atoms with Crippen LogP contribution in [0.5, 0.6) is 0 Å². The molecule has 0 aliphatic rings. The van der Waals surface area contributed by atoms with Crippen molar-refractivity contribution in [2.45, 2.75) is 20.0 Å². The number of alkyl halides is 3. The van der Waals surface area contributed by atoms with Gasteiger partial charge in [-0.2, -0.15) is 13.2 Å². The first-order chi connectivity index (χ1) is 8.70. The van der Waals surface area contributed by atoms with E-state index < -0.39 is 24.1 Å². The molecule has 0 aliphatic carbocycles. The van der Waals surface area contributed by atoms with Gasteiger partial charge in [0.15, 0.2) is 5.43 Å². The molecule has 1 N–H and O–H groups in total. The van der Waals surface area contributed by atoms with Gasteiger partial charge in [0, 0.05) is 25.0 Å². The van der Waals surface area contributed by atoms with Crippen molar-refractivity contribution >= 4 is 5.91 Å². The molecule has 0 aromatic carbocycles. The molecule has 0 fully saturated rings. The Kier molecular flexibility index (Phi) is 4.74. The number of carbonyl (C=O) groups is 1. The number of carbonyl (C=O) groups excluding carboxylic acids is 1. The van der Waals surface area contributed by atoms with Gasteiger partial charge in [0.1, 0.15) is 12.1 Å². The number of hydrogen-bond acceptors (Lipinski definition) is 2. The molecule has 1 aromatic rings. The summed E-state index contributed by atoms with van der Waals surface area (Å²) in [6.45, 7) is 1.97. The largest absolute Gasteiger partial charge is 0.406 e. The van der Waals surface area contributed by atoms with Crippen molar-refractivity contribution in [3.8, 4) is 0 Å². The molecule has 1 heterocycles. The van der Waals surface area contributed by atoms with Crippen LogP contribution in [0.15, 0.2) is 23.3 Å². The second-order valence-electron chi connectivity index (χ2n) is 4.62. The van der Waals surface area contributed by atoms with E-state index in [-0.39, 0.29) is 18.0 Å². The van der Waals surface area contributed by atoms with Crippen LogP contribution in [0.3, 0.4) is 0 Å². The van der Waals surface area contributed by atoms with E-state index >= 15 is 0 Å². The Hall–Kier alpha value is -1.79. The smallest absolute Gasteiger partial charge is 0.367 e. The highest BCUT2D eigenvalue weighted by Crippen LogP contribution is 2.18. The van der Waals surface area contributed by atoms with Crippen molar-refractivity contribution in [2.24, 2.45) is 5.92 Å². The van der Waals surface area contributed by atoms with Gasteiger partial charge < -0.3 is 9.88 Å². The fourth-order valence-corrected chi connectivity index (χ4v) is 1.63. The number of rotatable bonds is 4. The molecule has 1 amide bonds. The molecular weight excluding hydrogens is 261 g/mol. The molecule has 0 atom stereocenters. The topological polar surface area (TPSA) is 53.2 Å². The summed E-state index contributed by atoms with van der Waals surface area (Å²) in [6.07, 6.45) is -2.06. The number of nitrogens with one attached hydrogen (secondary N) is 1. The Morgan fingerprint density at radius 2 is 2.05 bits per heavy atom. The van der Waals surface area contributed by atoms with Gasteiger partial charge >= 0.3 is 6.18 Å². The van der Waals surface area contributed by atoms with Crippen LogP contribution in [-0.2, 0) is 0 Å². The van der Waals surface area contributed by atoms with Gasteiger partial charge in [-0.1, -0.05) is 13.8 Å². The molecule has 0 spiro atoms. The molecule has 106 valence electrons. The third-order valence-electron chi connectivity index (χ3n) is 2.30. The average Bonchev–Trinajstić information content (AvgIpc) is 2.25. The van der Waals surface area contributed by atoms with Gasteiger partial charge in [0.05, 0.1) is 0 Å². The average molecular weight is 276 g/mol. The van der Waals surface area contributed by atoms with E-state index in [0.29, 0.717) is 4.90 Å². The van der Waals surface area contributed by atoms with Crippen molar-refractivity contribution in [2.75, 3.05) is 13.1 Å². The monoisotopic (exact) mass is 276 g/mol. The van der Waals surface area contributed by atoms with Gasteiger partial charge in [-0.05, 0) is 5.92 Å². The van der Waals surface area contributed by atoms with Gasteiger partial charge in [0.25, 0.3) is 5.91 Å². The normalized spacial score (nSPS) is 11.7. The van der Waals surface area contributed by atoms with Crippen LogP contribution in [0.1, 0.15) is 24.2 Å². The van der Waals surface area contributed by atoms with E-state index in [1.807, 2.05) is 0 Å². The lowest BCUT2D eigenvalue weighted by Crippen LogP contribution is -2.42. The van der Waals surface area contributed by atoms with Gasteiger partial charge in [-0.15, -0.1) is 0 Å². The molecular formula is C12H15F3N2O2. The third-order valence-corrected chi connectivity index (χ3v) is 2.30. The van der Waals surface area contributed by atoms with E-state index in [2.05, 4.69) is 4.98 Å². The zero-order chi connectivity index (χ0) is 14.6. The second kappa shape index (κ2) is 5.90. The van der Waals surface area contributed by atoms with Crippen molar-refractivity contribution in [1.29, 1.82) is 0 Å². The van der Waals surface area contributed by atoms with Crippen molar-refractivity contribution in [3.05, 3.63) is 34.2 Å². The standard InChI is InChI=1S/C12H15F3N2O2/c1-8(2)6-17(7-12(13,14)15)11(19)9-5-16-4-3-10(9)18/h3-5,8H,6-7H2,1-2H3,(H,16,18). The number of nitrogens with zero attached hydrogens (tertiary/aromatic N) is 1. The van der Waals surface area contributed by atoms with E-state index in [1.54, 1.807) is 13.8 Å². The summed E-state index contributed by atoms with van der Waals surface area (Å²) in [4.78, 5) is 26.6. The summed E-state index contributed by atoms with van der Waals surface area (Å²) >= 11 is 0. The van der Waals surface area contributed by atoms with Crippen molar-refractivity contribution < 1.29 is 18.0 Å². The number of pyridine rings is 1. The highest BCUT2D eigenvalue weighted by atomic mass is 19.4. The van der Waals surface area contributed by atoms with E-state index in [4.69, 9.17) is 0 Å². The lowest BCUT2D eigenvalue weighted by Gasteiger charge is -2.25. The Labute approximate surface area is 108 Å². The lowest BCUT2D eigenvalue weighted by atomic mass is 10.1. The van der Waals surface area contributed by atoms with Crippen LogP contribution < -0.4 is 5.43 Å². The lowest BCUT2D eigenvalue weighted by molar-refractivity contribution is -0.141. The number of amides is 1. The predicted octanol–water partition coefficient (Wildman–Crippen LogP) is 2.04. The van der Waals surface area contributed by atoms with E-state index in [1.165, 1.54) is 6.20 Å². The maximum absolute atomic E-state index is 12.5. The molecule has 0 unspecified atom stereocenters. The molecule has 0 aliphatic heterocycles. The molecule has 0 saturated heterocycles. The number of halogens is 3. The molecule has 0 radical (unpaired) electrons. The van der Waals surface area contributed by atoms with Crippen molar-refractivity contribution in [1.82, 2.24) is 9.88 Å². The van der Waals surface area contributed by atoms with Crippen LogP contribution in [-0.4, -0.2) is 35.1 Å². The predicted molar refractivity (Wildman–Crippen MR) is 63.9 cm³/mol. The number of aromatic amines is 1. The summed E-state index contributed by atoms with van der Waals surface area (Å²) < 4.78 is 37.4. The first-order valence-corrected chi connectivity index (χ1v) is 5.74. The molecule has 1 rings (SSSR count). The van der Waals surface area contributed by atoms with Gasteiger partial charge in [-0.25, -0.2) is 0 Å². The quantitative estimate of drug-likeness (QED) is 0.915. The maximum atomic E-state index is 12.5. The first kappa shape index (κ1) is 15.3. The second-order valence-corrected chi connectivity index (χ2v) is 4.62. The highest BCUT2D eigenvalue weighted by Gasteiger charge is 2.34. The number of H-pyrrole nitrogens is 1. The minimum atomic E-state index is -4.49. The Bertz CT molecular complexity index is 494. The van der Waals surface area contributed by atoms with Crippen LogP contribution in [0.2, 0.25) is 0 Å². The summed E-state index contributed by atoms with van der Waals surface area (Å²) in [5.74, 6) is -1.04. The fraction of sp³-hybridized carbons (Fsp3) is 0.500. The molecule has 19 heavy (non-hydrogen) atoms. The summed E-state index contributed by atoms with van der Waals surface area (Å²) in [6, 6.07) is 1.11. The van der Waals surface area contributed by atoms with Crippen molar-refractivity contribution in [3.63, 3.8) is 0 Å². The molecule has 0 bridgehead atoms. The fourth-order valence-electron chi connectivity index (χ4n) is 1.63. The maximum Gasteiger partial charge on any atom is 0.406 e. The Morgan fingerprint density at radius 1 is 1.42 bits per heavy atom. The van der Waals surface area contributed by atoms with Crippen LogP contribution in [0.25, 0.3) is 0 Å². The van der Waals surface area contributed by atoms with Gasteiger partial charge in [-0.3, -0.25) is 9.59 Å². The zero-order valence-corrected chi connectivity index (χ0v) is 10.6. The van der Waals surface area contributed by atoms with Crippen LogP contribution in [0.4, 0.5) is 13.2 Å². The summed E-state index contributed by atoms with van der Waals surface area (Å²) in [5, 5.41) is 0. The summed E-state index contributed by atoms with van der Waals surface area (Å²) in [7, 11) is 0. The zero-order valence-electron chi connectivity index (χ0n) is 10.6. The molecule has 1 aromatic heterocycles. The van der Waals surface area contributed by atoms with Crippen LogP contribution >= 0.6 is 0 Å². The van der Waals surface area contributed by atoms with E-state index in [0.717, 1.165) is 12.3 Å². The van der Waals surface area contributed by atoms with Gasteiger partial charge in [0.2, 0.25) is 0 Å². The first-order valence-electron chi connectivity index (χ1n) is 5.74. The third kappa shape index (κ3) is 4.76. The number of hydrogen-bond donors (Lipinski definition) is 1. The Morgan fingerprint density at radius 3 is 2.53 bits per heavy atom. The highest BCUT2D eigenvalue weighted by molar-refractivity contribution is 5.93. The minimum absolute atomic E-state index is 0.0628. The summed E-state index contributed by atoms with van der Waals surface area (Å²) in [5.41, 5.74) is -0.882. The molecule has 7 heteroatoms.